The lowest BCUT2D eigenvalue weighted by molar-refractivity contribution is -0.125. The number of carbonyl (C=O) groups excluding carboxylic acids is 2. The van der Waals surface area contributed by atoms with Gasteiger partial charge in [0.15, 0.2) is 0 Å². The normalized spacial score (nSPS) is 17.9. The van der Waals surface area contributed by atoms with E-state index in [0.717, 1.165) is 48.0 Å². The van der Waals surface area contributed by atoms with Crippen LogP contribution < -0.4 is 16.0 Å². The number of nitrogens with one attached hydrogen (secondary N) is 3. The van der Waals surface area contributed by atoms with Crippen LogP contribution in [0.2, 0.25) is 0 Å². The van der Waals surface area contributed by atoms with Gasteiger partial charge < -0.3 is 16.0 Å². The predicted octanol–water partition coefficient (Wildman–Crippen LogP) is 3.12. The largest absolute Gasteiger partial charge is 0.380 e. The Morgan fingerprint density at radius 2 is 1.91 bits per heavy atom. The molecule has 0 bridgehead atoms. The summed E-state index contributed by atoms with van der Waals surface area (Å²) in [5, 5.41) is 22.7. The molecule has 0 unspecified atom stereocenters. The molecule has 3 heterocycles. The fraction of sp³-hybridized carbons (Fsp3) is 0.400. The van der Waals surface area contributed by atoms with Crippen LogP contribution in [0.4, 0.5) is 5.69 Å². The summed E-state index contributed by atoms with van der Waals surface area (Å²) >= 11 is 0. The number of aromatic nitrogens is 3. The molecule has 1 aliphatic rings. The van der Waals surface area contributed by atoms with Gasteiger partial charge in [-0.25, -0.2) is 9.50 Å². The molecular weight excluding hydrogens is 430 g/mol. The molecule has 2 amide bonds. The average molecular weight is 460 g/mol. The molecule has 0 radical (unpaired) electrons. The van der Waals surface area contributed by atoms with Crippen LogP contribution in [0.25, 0.3) is 16.6 Å². The van der Waals surface area contributed by atoms with Gasteiger partial charge in [-0.2, -0.15) is 10.4 Å². The quantitative estimate of drug-likeness (QED) is 0.520. The maximum atomic E-state index is 13.3. The molecule has 0 aromatic carbocycles. The van der Waals surface area contributed by atoms with Crippen molar-refractivity contribution in [3.05, 3.63) is 48.0 Å². The first-order valence-electron chi connectivity index (χ1n) is 11.6. The summed E-state index contributed by atoms with van der Waals surface area (Å²) in [5.74, 6) is -0.0844. The Kier molecular flexibility index (Phi) is 6.77. The highest BCUT2D eigenvalue weighted by molar-refractivity contribution is 6.03. The number of anilines is 1. The van der Waals surface area contributed by atoms with Crippen molar-refractivity contribution in [1.82, 2.24) is 25.2 Å². The summed E-state index contributed by atoms with van der Waals surface area (Å²) in [4.78, 5) is 29.3. The molecule has 0 aliphatic heterocycles. The van der Waals surface area contributed by atoms with Crippen molar-refractivity contribution in [2.45, 2.75) is 51.6 Å². The number of fused-ring (bicyclic) bond motifs is 1. The van der Waals surface area contributed by atoms with Crippen molar-refractivity contribution in [3.8, 4) is 17.2 Å². The second-order valence-corrected chi connectivity index (χ2v) is 8.97. The van der Waals surface area contributed by atoms with Gasteiger partial charge in [0.1, 0.15) is 11.8 Å². The summed E-state index contributed by atoms with van der Waals surface area (Å²) in [6.07, 6.45) is 8.20. The van der Waals surface area contributed by atoms with Gasteiger partial charge >= 0.3 is 0 Å². The first-order chi connectivity index (χ1) is 16.4. The number of nitriles is 1. The van der Waals surface area contributed by atoms with Crippen molar-refractivity contribution in [1.29, 1.82) is 5.26 Å². The summed E-state index contributed by atoms with van der Waals surface area (Å²) in [6, 6.07) is 7.65. The summed E-state index contributed by atoms with van der Waals surface area (Å²) < 4.78 is 1.74. The SMILES string of the molecule is CNC(=O)[C@H]1CC[C@H](NC(=O)c2cnn3cc(-c4ccc(C#N)nc4)cc3c2NC(C)C)CC1. The van der Waals surface area contributed by atoms with Crippen LogP contribution in [0.15, 0.2) is 36.8 Å². The molecule has 3 aromatic rings. The van der Waals surface area contributed by atoms with Crippen LogP contribution in [-0.4, -0.2) is 45.5 Å². The van der Waals surface area contributed by atoms with Gasteiger partial charge in [0.05, 0.1) is 23.0 Å². The molecule has 34 heavy (non-hydrogen) atoms. The van der Waals surface area contributed by atoms with Crippen molar-refractivity contribution >= 4 is 23.0 Å². The Hall–Kier alpha value is -3.93. The molecule has 0 spiro atoms. The van der Waals surface area contributed by atoms with Gasteiger partial charge in [0, 0.05) is 48.6 Å². The minimum Gasteiger partial charge on any atom is -0.380 e. The van der Waals surface area contributed by atoms with Crippen LogP contribution in [0.3, 0.4) is 0 Å². The highest BCUT2D eigenvalue weighted by Crippen LogP contribution is 2.30. The molecule has 9 nitrogen and oxygen atoms in total. The number of nitrogens with zero attached hydrogens (tertiary/aromatic N) is 4. The Bertz CT molecular complexity index is 1230. The smallest absolute Gasteiger partial charge is 0.255 e. The molecule has 176 valence electrons. The summed E-state index contributed by atoms with van der Waals surface area (Å²) in [7, 11) is 1.66. The van der Waals surface area contributed by atoms with E-state index in [1.807, 2.05) is 38.2 Å². The van der Waals surface area contributed by atoms with E-state index >= 15 is 0 Å². The zero-order valence-electron chi connectivity index (χ0n) is 19.6. The monoisotopic (exact) mass is 459 g/mol. The minimum atomic E-state index is -0.177. The fourth-order valence-corrected chi connectivity index (χ4v) is 4.43. The third-order valence-electron chi connectivity index (χ3n) is 6.21. The van der Waals surface area contributed by atoms with E-state index in [-0.39, 0.29) is 29.8 Å². The maximum Gasteiger partial charge on any atom is 0.255 e. The van der Waals surface area contributed by atoms with Gasteiger partial charge in [-0.1, -0.05) is 0 Å². The molecule has 9 heteroatoms. The van der Waals surface area contributed by atoms with E-state index in [1.54, 1.807) is 30.0 Å². The molecular formula is C25H29N7O2. The number of pyridine rings is 1. The van der Waals surface area contributed by atoms with Gasteiger partial charge in [0.2, 0.25) is 5.91 Å². The van der Waals surface area contributed by atoms with Gasteiger partial charge in [-0.05, 0) is 57.7 Å². The van der Waals surface area contributed by atoms with Crippen molar-refractivity contribution in [2.24, 2.45) is 5.92 Å². The molecule has 1 aliphatic carbocycles. The number of rotatable bonds is 6. The Morgan fingerprint density at radius 3 is 2.53 bits per heavy atom. The van der Waals surface area contributed by atoms with E-state index in [0.29, 0.717) is 11.3 Å². The zero-order valence-corrected chi connectivity index (χ0v) is 19.6. The molecule has 1 fully saturated rings. The third kappa shape index (κ3) is 4.86. The number of amides is 2. The topological polar surface area (TPSA) is 124 Å². The van der Waals surface area contributed by atoms with E-state index in [9.17, 15) is 9.59 Å². The molecule has 4 rings (SSSR count). The van der Waals surface area contributed by atoms with Crippen molar-refractivity contribution in [3.63, 3.8) is 0 Å². The first-order valence-corrected chi connectivity index (χ1v) is 11.6. The highest BCUT2D eigenvalue weighted by Gasteiger charge is 2.27. The molecule has 0 atom stereocenters. The molecule has 3 aromatic heterocycles. The lowest BCUT2D eigenvalue weighted by Gasteiger charge is -2.28. The predicted molar refractivity (Wildman–Crippen MR) is 129 cm³/mol. The van der Waals surface area contributed by atoms with Crippen molar-refractivity contribution < 1.29 is 9.59 Å². The van der Waals surface area contributed by atoms with E-state index in [2.05, 4.69) is 26.0 Å². The zero-order chi connectivity index (χ0) is 24.2. The van der Waals surface area contributed by atoms with Crippen LogP contribution >= 0.6 is 0 Å². The Labute approximate surface area is 198 Å². The maximum absolute atomic E-state index is 13.3. The number of hydrogen-bond acceptors (Lipinski definition) is 6. The van der Waals surface area contributed by atoms with E-state index in [1.165, 1.54) is 0 Å². The number of carbonyl (C=O) groups is 2. The van der Waals surface area contributed by atoms with Crippen LogP contribution in [0, 0.1) is 17.2 Å². The lowest BCUT2D eigenvalue weighted by Crippen LogP contribution is -2.40. The van der Waals surface area contributed by atoms with Crippen molar-refractivity contribution in [2.75, 3.05) is 12.4 Å². The Balaban J connectivity index is 1.59. The minimum absolute atomic E-state index is 0.0187. The van der Waals surface area contributed by atoms with Crippen LogP contribution in [0.5, 0.6) is 0 Å². The Morgan fingerprint density at radius 1 is 1.15 bits per heavy atom. The molecule has 1 saturated carbocycles. The molecule has 0 saturated heterocycles. The fourth-order valence-electron chi connectivity index (χ4n) is 4.43. The lowest BCUT2D eigenvalue weighted by atomic mass is 9.85. The summed E-state index contributed by atoms with van der Waals surface area (Å²) in [6.45, 7) is 4.04. The van der Waals surface area contributed by atoms with Crippen LogP contribution in [0.1, 0.15) is 55.6 Å². The van der Waals surface area contributed by atoms with E-state index < -0.39 is 0 Å². The average Bonchev–Trinajstić information content (AvgIpc) is 3.29. The second-order valence-electron chi connectivity index (χ2n) is 8.97. The highest BCUT2D eigenvalue weighted by atomic mass is 16.2. The van der Waals surface area contributed by atoms with Gasteiger partial charge in [-0.3, -0.25) is 9.59 Å². The van der Waals surface area contributed by atoms with Crippen LogP contribution in [-0.2, 0) is 4.79 Å². The van der Waals surface area contributed by atoms with E-state index in [4.69, 9.17) is 5.26 Å². The van der Waals surface area contributed by atoms with Gasteiger partial charge in [0.25, 0.3) is 5.91 Å². The van der Waals surface area contributed by atoms with Gasteiger partial charge in [-0.15, -0.1) is 0 Å². The first kappa shape index (κ1) is 23.2. The molecule has 3 N–H and O–H groups in total. The standard InChI is InChI=1S/C25H29N7O2/c1-15(2)30-23-21(25(34)31-19-7-4-16(5-8-19)24(33)27-3)13-29-32-14-18(10-22(23)32)17-6-9-20(11-26)28-12-17/h6,9-10,12-16,19,30H,4-5,7-8H2,1-3H3,(H,27,33)(H,31,34)/t16-,19-. The number of hydrogen-bond donors (Lipinski definition) is 3. The summed E-state index contributed by atoms with van der Waals surface area (Å²) in [5.41, 5.74) is 4.09. The second kappa shape index (κ2) is 9.91. The third-order valence-corrected chi connectivity index (χ3v) is 6.21.